The van der Waals surface area contributed by atoms with Crippen molar-refractivity contribution in [3.05, 3.63) is 50.4 Å². The van der Waals surface area contributed by atoms with E-state index in [0.29, 0.717) is 0 Å². The fourth-order valence-electron chi connectivity index (χ4n) is 1.94. The van der Waals surface area contributed by atoms with Gasteiger partial charge in [-0.2, -0.15) is 0 Å². The van der Waals surface area contributed by atoms with E-state index in [-0.39, 0.29) is 6.04 Å². The highest BCUT2D eigenvalue weighted by molar-refractivity contribution is 7.09. The Balaban J connectivity index is 2.00. The summed E-state index contributed by atoms with van der Waals surface area (Å²) >= 11 is 7.88. The Kier molecular flexibility index (Phi) is 4.38. The van der Waals surface area contributed by atoms with Gasteiger partial charge in [0.1, 0.15) is 0 Å². The van der Waals surface area contributed by atoms with E-state index < -0.39 is 0 Å². The molecule has 2 aromatic rings. The molecule has 1 unspecified atom stereocenters. The fraction of sp³-hybridized carbons (Fsp3) is 0.357. The molecule has 2 nitrogen and oxygen atoms in total. The molecule has 96 valence electrons. The normalized spacial score (nSPS) is 12.7. The maximum absolute atomic E-state index is 6.21. The molecule has 18 heavy (non-hydrogen) atoms. The van der Waals surface area contributed by atoms with Crippen LogP contribution in [0.3, 0.4) is 0 Å². The number of aryl methyl sites for hydroxylation is 2. The van der Waals surface area contributed by atoms with Crippen molar-refractivity contribution in [1.82, 2.24) is 4.98 Å². The molecule has 0 aliphatic carbocycles. The molecule has 1 aromatic heterocycles. The van der Waals surface area contributed by atoms with Gasteiger partial charge >= 0.3 is 0 Å². The Morgan fingerprint density at radius 1 is 1.33 bits per heavy atom. The molecule has 0 saturated carbocycles. The minimum Gasteiger partial charge on any atom is -0.327 e. The van der Waals surface area contributed by atoms with Gasteiger partial charge in [0.05, 0.1) is 10.7 Å². The van der Waals surface area contributed by atoms with Crippen LogP contribution < -0.4 is 5.73 Å². The van der Waals surface area contributed by atoms with Crippen LogP contribution in [0.4, 0.5) is 0 Å². The molecule has 4 heteroatoms. The quantitative estimate of drug-likeness (QED) is 0.931. The van der Waals surface area contributed by atoms with Crippen LogP contribution in [-0.2, 0) is 12.8 Å². The minimum absolute atomic E-state index is 0.0618. The van der Waals surface area contributed by atoms with E-state index in [9.17, 15) is 0 Å². The summed E-state index contributed by atoms with van der Waals surface area (Å²) in [5.74, 6) is 0. The largest absolute Gasteiger partial charge is 0.327 e. The van der Waals surface area contributed by atoms with Crippen molar-refractivity contribution in [2.24, 2.45) is 5.73 Å². The summed E-state index contributed by atoms with van der Waals surface area (Å²) in [7, 11) is 0. The average Bonchev–Trinajstić information content (AvgIpc) is 2.68. The number of halogens is 1. The van der Waals surface area contributed by atoms with E-state index in [1.165, 1.54) is 5.56 Å². The van der Waals surface area contributed by atoms with Crippen LogP contribution >= 0.6 is 22.9 Å². The second-order valence-electron chi connectivity index (χ2n) is 4.62. The fourth-order valence-corrected chi connectivity index (χ4v) is 2.88. The van der Waals surface area contributed by atoms with Gasteiger partial charge in [-0.3, -0.25) is 0 Å². The van der Waals surface area contributed by atoms with Crippen molar-refractivity contribution >= 4 is 22.9 Å². The molecule has 1 heterocycles. The van der Waals surface area contributed by atoms with Gasteiger partial charge in [-0.1, -0.05) is 23.7 Å². The molecule has 0 spiro atoms. The number of nitrogens with two attached hydrogens (primary N) is 1. The summed E-state index contributed by atoms with van der Waals surface area (Å²) in [6, 6.07) is 6.17. The number of hydrogen-bond acceptors (Lipinski definition) is 3. The van der Waals surface area contributed by atoms with Crippen LogP contribution in [0.15, 0.2) is 23.6 Å². The third-order valence-corrected chi connectivity index (χ3v) is 4.00. The van der Waals surface area contributed by atoms with E-state index in [2.05, 4.69) is 22.5 Å². The molecular weight excluding hydrogens is 264 g/mol. The molecule has 0 saturated heterocycles. The first kappa shape index (κ1) is 13.5. The lowest BCUT2D eigenvalue weighted by molar-refractivity contribution is 0.656. The van der Waals surface area contributed by atoms with Crippen LogP contribution in [0.2, 0.25) is 5.02 Å². The first-order valence-corrected chi connectivity index (χ1v) is 7.22. The lowest BCUT2D eigenvalue weighted by Gasteiger charge is -2.12. The van der Waals surface area contributed by atoms with Gasteiger partial charge in [0.25, 0.3) is 0 Å². The summed E-state index contributed by atoms with van der Waals surface area (Å²) < 4.78 is 0. The lowest BCUT2D eigenvalue weighted by atomic mass is 10.0. The molecule has 2 N–H and O–H groups in total. The smallest absolute Gasteiger partial charge is 0.0897 e. The maximum atomic E-state index is 6.21. The summed E-state index contributed by atoms with van der Waals surface area (Å²) in [6.07, 6.45) is 1.59. The molecule has 1 atom stereocenters. The highest BCUT2D eigenvalue weighted by atomic mass is 35.5. The molecule has 0 aliphatic rings. The molecule has 0 fully saturated rings. The van der Waals surface area contributed by atoms with Crippen LogP contribution in [0.5, 0.6) is 0 Å². The highest BCUT2D eigenvalue weighted by Crippen LogP contribution is 2.20. The number of rotatable bonds is 4. The molecule has 0 radical (unpaired) electrons. The van der Waals surface area contributed by atoms with E-state index in [1.54, 1.807) is 11.3 Å². The van der Waals surface area contributed by atoms with Crippen molar-refractivity contribution < 1.29 is 0 Å². The zero-order valence-corrected chi connectivity index (χ0v) is 12.2. The van der Waals surface area contributed by atoms with Gasteiger partial charge in [-0.05, 0) is 37.5 Å². The van der Waals surface area contributed by atoms with E-state index in [4.69, 9.17) is 17.3 Å². The van der Waals surface area contributed by atoms with Crippen LogP contribution in [0.1, 0.15) is 21.8 Å². The van der Waals surface area contributed by atoms with Gasteiger partial charge in [0.2, 0.25) is 0 Å². The predicted molar refractivity (Wildman–Crippen MR) is 78.4 cm³/mol. The third-order valence-electron chi connectivity index (χ3n) is 2.83. The summed E-state index contributed by atoms with van der Waals surface area (Å²) in [5.41, 5.74) is 9.52. The highest BCUT2D eigenvalue weighted by Gasteiger charge is 2.10. The Labute approximate surface area is 117 Å². The van der Waals surface area contributed by atoms with E-state index in [0.717, 1.165) is 34.1 Å². The summed E-state index contributed by atoms with van der Waals surface area (Å²) in [6.45, 7) is 4.05. The predicted octanol–water partition coefficient (Wildman–Crippen LogP) is 3.53. The molecule has 0 bridgehead atoms. The van der Waals surface area contributed by atoms with Crippen molar-refractivity contribution in [2.45, 2.75) is 32.7 Å². The molecule has 1 aromatic carbocycles. The number of nitrogens with zero attached hydrogens (tertiary/aromatic N) is 1. The van der Waals surface area contributed by atoms with Crippen LogP contribution in [0.25, 0.3) is 0 Å². The first-order chi connectivity index (χ1) is 8.54. The maximum Gasteiger partial charge on any atom is 0.0897 e. The van der Waals surface area contributed by atoms with Gasteiger partial charge < -0.3 is 5.73 Å². The van der Waals surface area contributed by atoms with E-state index >= 15 is 0 Å². The van der Waals surface area contributed by atoms with Crippen LogP contribution in [-0.4, -0.2) is 11.0 Å². The van der Waals surface area contributed by atoms with Crippen molar-refractivity contribution in [2.75, 3.05) is 0 Å². The molecule has 0 amide bonds. The van der Waals surface area contributed by atoms with Crippen molar-refractivity contribution in [3.8, 4) is 0 Å². The monoisotopic (exact) mass is 280 g/mol. The zero-order valence-electron chi connectivity index (χ0n) is 10.6. The van der Waals surface area contributed by atoms with Gasteiger partial charge in [0, 0.05) is 22.9 Å². The van der Waals surface area contributed by atoms with Crippen molar-refractivity contribution in [3.63, 3.8) is 0 Å². The zero-order chi connectivity index (χ0) is 13.1. The molecule has 0 aliphatic heterocycles. The lowest BCUT2D eigenvalue weighted by Crippen LogP contribution is -2.25. The summed E-state index contributed by atoms with van der Waals surface area (Å²) in [4.78, 5) is 4.43. The SMILES string of the molecule is Cc1ccc(CC(N)Cc2csc(C)n2)c(Cl)c1. The van der Waals surface area contributed by atoms with Crippen LogP contribution in [0, 0.1) is 13.8 Å². The Bertz CT molecular complexity index is 536. The summed E-state index contributed by atoms with van der Waals surface area (Å²) in [5, 5.41) is 3.97. The average molecular weight is 281 g/mol. The number of benzene rings is 1. The topological polar surface area (TPSA) is 38.9 Å². The standard InChI is InChI=1S/C14H17ClN2S/c1-9-3-4-11(14(15)5-9)6-12(16)7-13-8-18-10(2)17-13/h3-5,8,12H,6-7,16H2,1-2H3. The Morgan fingerprint density at radius 2 is 2.11 bits per heavy atom. The van der Waals surface area contributed by atoms with Gasteiger partial charge in [-0.15, -0.1) is 11.3 Å². The number of thiazole rings is 1. The van der Waals surface area contributed by atoms with Crippen molar-refractivity contribution in [1.29, 1.82) is 0 Å². The van der Waals surface area contributed by atoms with E-state index in [1.807, 2.05) is 19.9 Å². The van der Waals surface area contributed by atoms with Gasteiger partial charge in [0.15, 0.2) is 0 Å². The molecule has 2 rings (SSSR count). The number of hydrogen-bond donors (Lipinski definition) is 1. The second kappa shape index (κ2) is 5.83. The number of aromatic nitrogens is 1. The Morgan fingerprint density at radius 3 is 2.72 bits per heavy atom. The second-order valence-corrected chi connectivity index (χ2v) is 6.09. The van der Waals surface area contributed by atoms with Gasteiger partial charge in [-0.25, -0.2) is 4.98 Å². The first-order valence-electron chi connectivity index (χ1n) is 5.96. The molecular formula is C14H17ClN2S. The Hall–Kier alpha value is -0.900. The third kappa shape index (κ3) is 3.55. The minimum atomic E-state index is 0.0618.